The highest BCUT2D eigenvalue weighted by Crippen LogP contribution is 2.51. The normalized spacial score (nSPS) is 20.2. The van der Waals surface area contributed by atoms with Gasteiger partial charge in [-0.05, 0) is 19.1 Å². The minimum absolute atomic E-state index is 0.0745. The SMILES string of the molecule is CC(C)NCC(O)COc1cccc2c1C(C(C)(N=O)C(F)(F)F)CN2. The van der Waals surface area contributed by atoms with Crippen molar-refractivity contribution >= 4 is 5.69 Å². The summed E-state index contributed by atoms with van der Waals surface area (Å²) in [4.78, 5) is 11.1. The van der Waals surface area contributed by atoms with Gasteiger partial charge in [-0.15, -0.1) is 4.91 Å². The predicted octanol–water partition coefficient (Wildman–Crippen LogP) is 3.02. The van der Waals surface area contributed by atoms with Crippen LogP contribution in [0.2, 0.25) is 0 Å². The molecule has 0 radical (unpaired) electrons. The first kappa shape index (κ1) is 20.4. The molecule has 6 nitrogen and oxygen atoms in total. The third-order valence-corrected chi connectivity index (χ3v) is 4.55. The molecule has 1 aliphatic heterocycles. The fraction of sp³-hybridized carbons (Fsp3) is 0.647. The first-order valence-electron chi connectivity index (χ1n) is 8.42. The second-order valence-corrected chi connectivity index (χ2v) is 6.92. The lowest BCUT2D eigenvalue weighted by molar-refractivity contribution is -0.185. The van der Waals surface area contributed by atoms with E-state index in [-0.39, 0.29) is 30.5 Å². The van der Waals surface area contributed by atoms with Gasteiger partial charge < -0.3 is 20.5 Å². The molecule has 26 heavy (non-hydrogen) atoms. The number of aliphatic hydroxyl groups is 1. The number of hydrogen-bond acceptors (Lipinski definition) is 6. The molecule has 0 bridgehead atoms. The smallest absolute Gasteiger partial charge is 0.417 e. The minimum atomic E-state index is -4.80. The lowest BCUT2D eigenvalue weighted by atomic mass is 9.81. The number of nitrogens with zero attached hydrogens (tertiary/aromatic N) is 1. The van der Waals surface area contributed by atoms with Crippen molar-refractivity contribution in [1.82, 2.24) is 5.32 Å². The summed E-state index contributed by atoms with van der Waals surface area (Å²) >= 11 is 0. The molecule has 3 N–H and O–H groups in total. The van der Waals surface area contributed by atoms with Crippen LogP contribution in [0.3, 0.4) is 0 Å². The topological polar surface area (TPSA) is 82.9 Å². The number of alkyl halides is 3. The van der Waals surface area contributed by atoms with E-state index in [2.05, 4.69) is 15.8 Å². The van der Waals surface area contributed by atoms with Crippen LogP contribution in [-0.4, -0.2) is 48.7 Å². The van der Waals surface area contributed by atoms with Crippen molar-refractivity contribution in [2.45, 2.75) is 50.6 Å². The van der Waals surface area contributed by atoms with E-state index in [0.29, 0.717) is 12.2 Å². The number of hydrogen-bond donors (Lipinski definition) is 3. The molecule has 3 atom stereocenters. The van der Waals surface area contributed by atoms with Gasteiger partial charge in [-0.2, -0.15) is 13.2 Å². The van der Waals surface area contributed by atoms with Crippen molar-refractivity contribution in [2.75, 3.05) is 25.0 Å². The van der Waals surface area contributed by atoms with Crippen LogP contribution in [0.5, 0.6) is 5.75 Å². The molecule has 3 unspecified atom stereocenters. The quantitative estimate of drug-likeness (QED) is 0.609. The van der Waals surface area contributed by atoms with Crippen LogP contribution in [0, 0.1) is 4.91 Å². The summed E-state index contributed by atoms with van der Waals surface area (Å²) < 4.78 is 46.0. The summed E-state index contributed by atoms with van der Waals surface area (Å²) in [5, 5.41) is 18.3. The van der Waals surface area contributed by atoms with Crippen molar-refractivity contribution in [1.29, 1.82) is 0 Å². The molecule has 1 heterocycles. The monoisotopic (exact) mass is 375 g/mol. The Morgan fingerprint density at radius 2 is 2.12 bits per heavy atom. The summed E-state index contributed by atoms with van der Waals surface area (Å²) in [6.07, 6.45) is -5.62. The van der Waals surface area contributed by atoms with Gasteiger partial charge in [0.2, 0.25) is 5.54 Å². The van der Waals surface area contributed by atoms with Gasteiger partial charge in [0.1, 0.15) is 18.5 Å². The lowest BCUT2D eigenvalue weighted by Crippen LogP contribution is -2.46. The maximum atomic E-state index is 13.5. The van der Waals surface area contributed by atoms with Crippen LogP contribution in [0.15, 0.2) is 23.4 Å². The summed E-state index contributed by atoms with van der Waals surface area (Å²) in [6.45, 7) is 4.79. The summed E-state index contributed by atoms with van der Waals surface area (Å²) in [5.41, 5.74) is -2.04. The maximum Gasteiger partial charge on any atom is 0.417 e. The Balaban J connectivity index is 2.23. The van der Waals surface area contributed by atoms with Crippen LogP contribution in [0.25, 0.3) is 0 Å². The summed E-state index contributed by atoms with van der Waals surface area (Å²) in [6, 6.07) is 4.98. The highest BCUT2D eigenvalue weighted by Gasteiger charge is 2.60. The van der Waals surface area contributed by atoms with Gasteiger partial charge in [0.05, 0.1) is 0 Å². The lowest BCUT2D eigenvalue weighted by Gasteiger charge is -2.31. The molecular weight excluding hydrogens is 351 g/mol. The fourth-order valence-corrected chi connectivity index (χ4v) is 2.91. The number of ether oxygens (including phenoxy) is 1. The first-order valence-corrected chi connectivity index (χ1v) is 8.42. The zero-order valence-electron chi connectivity index (χ0n) is 14.9. The van der Waals surface area contributed by atoms with Gasteiger partial charge in [-0.3, -0.25) is 0 Å². The Bertz CT molecular complexity index is 639. The number of rotatable bonds is 8. The molecule has 2 rings (SSSR count). The van der Waals surface area contributed by atoms with Gasteiger partial charge in [-0.25, -0.2) is 0 Å². The van der Waals surface area contributed by atoms with Gasteiger partial charge in [0.15, 0.2) is 0 Å². The Labute approximate surface area is 150 Å². The Morgan fingerprint density at radius 3 is 2.69 bits per heavy atom. The van der Waals surface area contributed by atoms with E-state index in [1.54, 1.807) is 12.1 Å². The maximum absolute atomic E-state index is 13.5. The second kappa shape index (κ2) is 7.79. The molecule has 0 spiro atoms. The number of nitroso groups, excluding NO2 is 1. The van der Waals surface area contributed by atoms with E-state index >= 15 is 0 Å². The molecule has 1 aromatic carbocycles. The average Bonchev–Trinajstić information content (AvgIpc) is 3.01. The number of fused-ring (bicyclic) bond motifs is 1. The van der Waals surface area contributed by atoms with Crippen LogP contribution < -0.4 is 15.4 Å². The molecule has 0 saturated carbocycles. The molecule has 0 amide bonds. The van der Waals surface area contributed by atoms with E-state index in [0.717, 1.165) is 6.92 Å². The second-order valence-electron chi connectivity index (χ2n) is 6.92. The zero-order chi connectivity index (χ0) is 19.5. The van der Waals surface area contributed by atoms with Crippen molar-refractivity contribution in [3.05, 3.63) is 28.7 Å². The molecule has 0 aliphatic carbocycles. The molecule has 1 aliphatic rings. The van der Waals surface area contributed by atoms with Crippen LogP contribution in [-0.2, 0) is 0 Å². The Morgan fingerprint density at radius 1 is 1.42 bits per heavy atom. The van der Waals surface area contributed by atoms with Gasteiger partial charge >= 0.3 is 6.18 Å². The molecule has 0 aromatic heterocycles. The predicted molar refractivity (Wildman–Crippen MR) is 92.6 cm³/mol. The first-order chi connectivity index (χ1) is 12.1. The third kappa shape index (κ3) is 4.09. The van der Waals surface area contributed by atoms with E-state index in [9.17, 15) is 23.2 Å². The number of benzene rings is 1. The molecular formula is C17H24F3N3O3. The summed E-state index contributed by atoms with van der Waals surface area (Å²) in [5.74, 6) is -1.00. The summed E-state index contributed by atoms with van der Waals surface area (Å²) in [7, 11) is 0. The van der Waals surface area contributed by atoms with E-state index < -0.39 is 23.7 Å². The molecule has 0 saturated heterocycles. The van der Waals surface area contributed by atoms with E-state index in [1.165, 1.54) is 6.07 Å². The van der Waals surface area contributed by atoms with Gasteiger partial charge in [0, 0.05) is 36.3 Å². The van der Waals surface area contributed by atoms with Crippen molar-refractivity contribution < 1.29 is 23.0 Å². The highest BCUT2D eigenvalue weighted by molar-refractivity contribution is 5.64. The van der Waals surface area contributed by atoms with Crippen LogP contribution >= 0.6 is 0 Å². The minimum Gasteiger partial charge on any atom is -0.490 e. The van der Waals surface area contributed by atoms with Crippen LogP contribution in [0.1, 0.15) is 32.3 Å². The molecule has 0 fully saturated rings. The van der Waals surface area contributed by atoms with Crippen molar-refractivity contribution in [3.8, 4) is 5.75 Å². The standard InChI is InChI=1S/C17H24F3N3O3/c1-10(2)21-7-11(24)9-26-14-6-4-5-13-15(14)12(8-22-13)16(3,23-25)17(18,19)20/h4-6,10-12,21-22,24H,7-9H2,1-3H3. The third-order valence-electron chi connectivity index (χ3n) is 4.55. The molecule has 1 aromatic rings. The van der Waals surface area contributed by atoms with Crippen molar-refractivity contribution in [2.24, 2.45) is 5.18 Å². The van der Waals surface area contributed by atoms with Gasteiger partial charge in [-0.1, -0.05) is 25.1 Å². The van der Waals surface area contributed by atoms with E-state index in [4.69, 9.17) is 4.74 Å². The number of nitrogens with one attached hydrogen (secondary N) is 2. The highest BCUT2D eigenvalue weighted by atomic mass is 19.4. The Hall–Kier alpha value is -1.87. The van der Waals surface area contributed by atoms with Crippen LogP contribution in [0.4, 0.5) is 18.9 Å². The number of aliphatic hydroxyl groups excluding tert-OH is 1. The average molecular weight is 375 g/mol. The van der Waals surface area contributed by atoms with Gasteiger partial charge in [0.25, 0.3) is 0 Å². The molecule has 9 heteroatoms. The Kier molecular flexibility index (Phi) is 6.13. The van der Waals surface area contributed by atoms with E-state index in [1.807, 2.05) is 13.8 Å². The number of halogens is 3. The fourth-order valence-electron chi connectivity index (χ4n) is 2.91. The number of anilines is 1. The zero-order valence-corrected chi connectivity index (χ0v) is 14.9. The largest absolute Gasteiger partial charge is 0.490 e. The molecule has 146 valence electrons. The van der Waals surface area contributed by atoms with Crippen molar-refractivity contribution in [3.63, 3.8) is 0 Å².